The minimum atomic E-state index is -0.225. The first-order chi connectivity index (χ1) is 6.74. The Bertz CT molecular complexity index is 213. The van der Waals surface area contributed by atoms with Crippen LogP contribution in [-0.2, 0) is 0 Å². The Morgan fingerprint density at radius 1 is 1.71 bits per heavy atom. The molecule has 1 aliphatic heterocycles. The Morgan fingerprint density at radius 2 is 2.50 bits per heavy atom. The largest absolute Gasteiger partial charge is 0.393 e. The average Bonchev–Trinajstić information content (AvgIpc) is 2.19. The van der Waals surface area contributed by atoms with Crippen LogP contribution >= 0.6 is 0 Å². The molecule has 2 atom stereocenters. The normalized spacial score (nSPS) is 25.4. The van der Waals surface area contributed by atoms with Gasteiger partial charge in [0.1, 0.15) is 0 Å². The summed E-state index contributed by atoms with van der Waals surface area (Å²) in [6.45, 7) is 5.18. The van der Waals surface area contributed by atoms with E-state index in [1.165, 1.54) is 0 Å². The standard InChI is InChI=1S/C9H18N4O/c1-8(14)9-3-2-5-13(7-9)6-4-11-12-10/h8-9,14H,2-7H2,1H3/t8-,9+/m1/s1. The zero-order valence-electron chi connectivity index (χ0n) is 8.63. The van der Waals surface area contributed by atoms with Crippen LogP contribution in [0.25, 0.3) is 10.4 Å². The second kappa shape index (κ2) is 5.86. The second-order valence-corrected chi connectivity index (χ2v) is 3.90. The van der Waals surface area contributed by atoms with Crippen LogP contribution < -0.4 is 0 Å². The van der Waals surface area contributed by atoms with Crippen LogP contribution in [0.1, 0.15) is 19.8 Å². The van der Waals surface area contributed by atoms with E-state index in [9.17, 15) is 5.11 Å². The summed E-state index contributed by atoms with van der Waals surface area (Å²) >= 11 is 0. The monoisotopic (exact) mass is 198 g/mol. The van der Waals surface area contributed by atoms with E-state index in [0.29, 0.717) is 12.5 Å². The number of hydrogen-bond donors (Lipinski definition) is 1. The minimum absolute atomic E-state index is 0.225. The van der Waals surface area contributed by atoms with Crippen LogP contribution in [0, 0.1) is 5.92 Å². The van der Waals surface area contributed by atoms with Gasteiger partial charge in [0, 0.05) is 24.5 Å². The van der Waals surface area contributed by atoms with Crippen molar-refractivity contribution >= 4 is 0 Å². The topological polar surface area (TPSA) is 72.2 Å². The van der Waals surface area contributed by atoms with Crippen molar-refractivity contribution in [1.29, 1.82) is 0 Å². The van der Waals surface area contributed by atoms with Gasteiger partial charge in [0.25, 0.3) is 0 Å². The number of rotatable bonds is 4. The molecular formula is C9H18N4O. The summed E-state index contributed by atoms with van der Waals surface area (Å²) < 4.78 is 0. The molecule has 0 unspecified atom stereocenters. The van der Waals surface area contributed by atoms with Gasteiger partial charge in [0.05, 0.1) is 6.10 Å². The Balaban J connectivity index is 2.28. The molecule has 0 radical (unpaired) electrons. The molecule has 1 rings (SSSR count). The van der Waals surface area contributed by atoms with Crippen molar-refractivity contribution in [1.82, 2.24) is 4.90 Å². The quantitative estimate of drug-likeness (QED) is 0.421. The van der Waals surface area contributed by atoms with E-state index in [-0.39, 0.29) is 6.10 Å². The Hall–Kier alpha value is -0.770. The zero-order chi connectivity index (χ0) is 10.4. The summed E-state index contributed by atoms with van der Waals surface area (Å²) in [6.07, 6.45) is 2.01. The van der Waals surface area contributed by atoms with Crippen molar-refractivity contribution in [3.05, 3.63) is 10.4 Å². The van der Waals surface area contributed by atoms with Gasteiger partial charge in [-0.2, -0.15) is 0 Å². The van der Waals surface area contributed by atoms with Crippen LogP contribution in [0.3, 0.4) is 0 Å². The van der Waals surface area contributed by atoms with Gasteiger partial charge in [-0.3, -0.25) is 0 Å². The molecule has 0 aromatic heterocycles. The molecule has 0 bridgehead atoms. The number of piperidine rings is 1. The first-order valence-electron chi connectivity index (χ1n) is 5.15. The molecule has 0 aromatic carbocycles. The van der Waals surface area contributed by atoms with Crippen LogP contribution in [0.5, 0.6) is 0 Å². The lowest BCUT2D eigenvalue weighted by atomic mass is 9.93. The molecule has 0 spiro atoms. The fourth-order valence-electron chi connectivity index (χ4n) is 1.92. The summed E-state index contributed by atoms with van der Waals surface area (Å²) in [5, 5.41) is 13.0. The van der Waals surface area contributed by atoms with Gasteiger partial charge >= 0.3 is 0 Å². The molecule has 1 saturated heterocycles. The van der Waals surface area contributed by atoms with E-state index in [1.807, 2.05) is 6.92 Å². The van der Waals surface area contributed by atoms with Crippen molar-refractivity contribution in [3.63, 3.8) is 0 Å². The van der Waals surface area contributed by atoms with Crippen LogP contribution in [0.2, 0.25) is 0 Å². The van der Waals surface area contributed by atoms with E-state index >= 15 is 0 Å². The molecule has 1 aliphatic rings. The maximum atomic E-state index is 9.46. The highest BCUT2D eigenvalue weighted by molar-refractivity contribution is 4.76. The Kier molecular flexibility index (Phi) is 4.73. The van der Waals surface area contributed by atoms with Gasteiger partial charge < -0.3 is 10.0 Å². The van der Waals surface area contributed by atoms with Crippen LogP contribution in [-0.4, -0.2) is 42.3 Å². The molecule has 0 amide bonds. The molecule has 1 fully saturated rings. The molecule has 0 aliphatic carbocycles. The third-order valence-corrected chi connectivity index (χ3v) is 2.80. The number of azide groups is 1. The number of likely N-dealkylation sites (tertiary alicyclic amines) is 1. The lowest BCUT2D eigenvalue weighted by molar-refractivity contribution is 0.0642. The van der Waals surface area contributed by atoms with Crippen LogP contribution in [0.4, 0.5) is 0 Å². The molecular weight excluding hydrogens is 180 g/mol. The molecule has 0 aromatic rings. The number of aliphatic hydroxyl groups is 1. The van der Waals surface area contributed by atoms with Gasteiger partial charge in [-0.1, -0.05) is 5.11 Å². The molecule has 1 heterocycles. The zero-order valence-corrected chi connectivity index (χ0v) is 8.63. The molecule has 80 valence electrons. The Labute approximate surface area is 84.3 Å². The smallest absolute Gasteiger partial charge is 0.0552 e. The third kappa shape index (κ3) is 3.54. The van der Waals surface area contributed by atoms with Gasteiger partial charge in [-0.15, -0.1) is 0 Å². The highest BCUT2D eigenvalue weighted by Crippen LogP contribution is 2.19. The lowest BCUT2D eigenvalue weighted by Gasteiger charge is -2.33. The minimum Gasteiger partial charge on any atom is -0.393 e. The highest BCUT2D eigenvalue weighted by Gasteiger charge is 2.22. The van der Waals surface area contributed by atoms with Crippen molar-refractivity contribution < 1.29 is 5.11 Å². The van der Waals surface area contributed by atoms with Gasteiger partial charge in [0.15, 0.2) is 0 Å². The summed E-state index contributed by atoms with van der Waals surface area (Å²) in [6, 6.07) is 0. The molecule has 1 N–H and O–H groups in total. The maximum absolute atomic E-state index is 9.46. The predicted octanol–water partition coefficient (Wildman–Crippen LogP) is 1.39. The van der Waals surface area contributed by atoms with E-state index in [1.54, 1.807) is 0 Å². The summed E-state index contributed by atoms with van der Waals surface area (Å²) in [4.78, 5) is 4.98. The first kappa shape index (κ1) is 11.3. The fraction of sp³-hybridized carbons (Fsp3) is 1.00. The second-order valence-electron chi connectivity index (χ2n) is 3.90. The Morgan fingerprint density at radius 3 is 3.14 bits per heavy atom. The van der Waals surface area contributed by atoms with Crippen molar-refractivity contribution in [2.75, 3.05) is 26.2 Å². The van der Waals surface area contributed by atoms with Gasteiger partial charge in [0.2, 0.25) is 0 Å². The summed E-state index contributed by atoms with van der Waals surface area (Å²) in [5.41, 5.74) is 8.14. The average molecular weight is 198 g/mol. The fourth-order valence-corrected chi connectivity index (χ4v) is 1.92. The van der Waals surface area contributed by atoms with E-state index in [4.69, 9.17) is 5.53 Å². The summed E-state index contributed by atoms with van der Waals surface area (Å²) in [7, 11) is 0. The molecule has 5 nitrogen and oxygen atoms in total. The number of hydrogen-bond acceptors (Lipinski definition) is 3. The van der Waals surface area contributed by atoms with Gasteiger partial charge in [-0.25, -0.2) is 0 Å². The molecule has 0 saturated carbocycles. The number of aliphatic hydroxyl groups excluding tert-OH is 1. The lowest BCUT2D eigenvalue weighted by Crippen LogP contribution is -2.40. The predicted molar refractivity (Wildman–Crippen MR) is 54.9 cm³/mol. The third-order valence-electron chi connectivity index (χ3n) is 2.80. The SMILES string of the molecule is C[C@@H](O)[C@H]1CCCN(CCN=[N+]=[N-])C1. The molecule has 5 heteroatoms. The van der Waals surface area contributed by atoms with E-state index in [2.05, 4.69) is 14.9 Å². The maximum Gasteiger partial charge on any atom is 0.0552 e. The first-order valence-corrected chi connectivity index (χ1v) is 5.15. The summed E-state index contributed by atoms with van der Waals surface area (Å²) in [5.74, 6) is 0.384. The molecule has 14 heavy (non-hydrogen) atoms. The van der Waals surface area contributed by atoms with Crippen molar-refractivity contribution in [3.8, 4) is 0 Å². The highest BCUT2D eigenvalue weighted by atomic mass is 16.3. The van der Waals surface area contributed by atoms with Crippen molar-refractivity contribution in [2.24, 2.45) is 11.0 Å². The van der Waals surface area contributed by atoms with Crippen LogP contribution in [0.15, 0.2) is 5.11 Å². The number of nitrogens with zero attached hydrogens (tertiary/aromatic N) is 4. The van der Waals surface area contributed by atoms with E-state index < -0.39 is 0 Å². The van der Waals surface area contributed by atoms with Gasteiger partial charge in [-0.05, 0) is 37.8 Å². The van der Waals surface area contributed by atoms with E-state index in [0.717, 1.165) is 32.5 Å². The van der Waals surface area contributed by atoms with Crippen molar-refractivity contribution in [2.45, 2.75) is 25.9 Å².